The summed E-state index contributed by atoms with van der Waals surface area (Å²) < 4.78 is 10.4. The first-order valence-corrected chi connectivity index (χ1v) is 7.79. The summed E-state index contributed by atoms with van der Waals surface area (Å²) in [5, 5.41) is 3.48. The van der Waals surface area contributed by atoms with Crippen molar-refractivity contribution in [3.05, 3.63) is 35.4 Å². The maximum atomic E-state index is 5.20. The summed E-state index contributed by atoms with van der Waals surface area (Å²) in [6.07, 6.45) is 1.16. The van der Waals surface area contributed by atoms with E-state index in [1.165, 1.54) is 11.1 Å². The van der Waals surface area contributed by atoms with Gasteiger partial charge in [-0.25, -0.2) is 0 Å². The molecule has 0 atom stereocenters. The lowest BCUT2D eigenvalue weighted by Crippen LogP contribution is -2.31. The molecule has 0 spiro atoms. The van der Waals surface area contributed by atoms with Gasteiger partial charge >= 0.3 is 0 Å². The van der Waals surface area contributed by atoms with Gasteiger partial charge in [-0.2, -0.15) is 0 Å². The molecule has 0 aliphatic heterocycles. The molecule has 0 radical (unpaired) electrons. The predicted molar refractivity (Wildman–Crippen MR) is 87.5 cm³/mol. The van der Waals surface area contributed by atoms with Crippen LogP contribution in [0.3, 0.4) is 0 Å². The van der Waals surface area contributed by atoms with Gasteiger partial charge in [-0.1, -0.05) is 31.2 Å². The van der Waals surface area contributed by atoms with Crippen LogP contribution in [-0.2, 0) is 22.6 Å². The Morgan fingerprint density at radius 1 is 1.00 bits per heavy atom. The standard InChI is InChI=1S/C17H30N2O2/c1-4-9-18-14-16-7-5-6-8-17(16)15-19(10-12-20-2)11-13-21-3/h5-8,18H,4,9-15H2,1-3H3. The lowest BCUT2D eigenvalue weighted by atomic mass is 10.1. The molecular weight excluding hydrogens is 264 g/mol. The van der Waals surface area contributed by atoms with Crippen molar-refractivity contribution >= 4 is 0 Å². The van der Waals surface area contributed by atoms with Gasteiger partial charge in [-0.3, -0.25) is 4.90 Å². The van der Waals surface area contributed by atoms with E-state index in [0.717, 1.165) is 52.4 Å². The fraction of sp³-hybridized carbons (Fsp3) is 0.647. The quantitative estimate of drug-likeness (QED) is 0.600. The highest BCUT2D eigenvalue weighted by atomic mass is 16.5. The molecule has 21 heavy (non-hydrogen) atoms. The van der Waals surface area contributed by atoms with Gasteiger partial charge in [-0.05, 0) is 24.1 Å². The molecule has 0 aliphatic carbocycles. The third-order valence-electron chi connectivity index (χ3n) is 3.48. The summed E-state index contributed by atoms with van der Waals surface area (Å²) in [5.74, 6) is 0. The SMILES string of the molecule is CCCNCc1ccccc1CN(CCOC)CCOC. The lowest BCUT2D eigenvalue weighted by Gasteiger charge is -2.23. The van der Waals surface area contributed by atoms with Crippen molar-refractivity contribution in [2.75, 3.05) is 47.1 Å². The molecule has 0 amide bonds. The van der Waals surface area contributed by atoms with Crippen molar-refractivity contribution in [2.45, 2.75) is 26.4 Å². The van der Waals surface area contributed by atoms with Gasteiger partial charge in [0.25, 0.3) is 0 Å². The minimum absolute atomic E-state index is 0.750. The largest absolute Gasteiger partial charge is 0.383 e. The molecular formula is C17H30N2O2. The molecule has 4 heteroatoms. The van der Waals surface area contributed by atoms with Crippen LogP contribution in [0, 0.1) is 0 Å². The summed E-state index contributed by atoms with van der Waals surface area (Å²) >= 11 is 0. The second-order valence-corrected chi connectivity index (χ2v) is 5.21. The zero-order valence-corrected chi connectivity index (χ0v) is 13.7. The number of hydrogen-bond acceptors (Lipinski definition) is 4. The number of ether oxygens (including phenoxy) is 2. The highest BCUT2D eigenvalue weighted by Gasteiger charge is 2.08. The second kappa shape index (κ2) is 11.7. The maximum Gasteiger partial charge on any atom is 0.0589 e. The molecule has 120 valence electrons. The van der Waals surface area contributed by atoms with E-state index in [2.05, 4.69) is 41.4 Å². The predicted octanol–water partition coefficient (Wildman–Crippen LogP) is 2.28. The zero-order valence-electron chi connectivity index (χ0n) is 13.7. The summed E-state index contributed by atoms with van der Waals surface area (Å²) in [7, 11) is 3.49. The monoisotopic (exact) mass is 294 g/mol. The molecule has 0 fully saturated rings. The molecule has 0 aliphatic rings. The van der Waals surface area contributed by atoms with Crippen LogP contribution in [0.4, 0.5) is 0 Å². The average Bonchev–Trinajstić information content (AvgIpc) is 2.51. The number of methoxy groups -OCH3 is 2. The Balaban J connectivity index is 2.62. The summed E-state index contributed by atoms with van der Waals surface area (Å²) in [5.41, 5.74) is 2.76. The third-order valence-corrected chi connectivity index (χ3v) is 3.48. The van der Waals surface area contributed by atoms with Crippen LogP contribution < -0.4 is 5.32 Å². The maximum absolute atomic E-state index is 5.20. The Morgan fingerprint density at radius 3 is 2.19 bits per heavy atom. The van der Waals surface area contributed by atoms with E-state index in [1.54, 1.807) is 14.2 Å². The minimum atomic E-state index is 0.750. The number of nitrogens with one attached hydrogen (secondary N) is 1. The Morgan fingerprint density at radius 2 is 1.62 bits per heavy atom. The fourth-order valence-corrected chi connectivity index (χ4v) is 2.24. The molecule has 0 aromatic heterocycles. The highest BCUT2D eigenvalue weighted by Crippen LogP contribution is 2.12. The topological polar surface area (TPSA) is 33.7 Å². The van der Waals surface area contributed by atoms with Gasteiger partial charge in [-0.15, -0.1) is 0 Å². The van der Waals surface area contributed by atoms with Crippen LogP contribution in [0.25, 0.3) is 0 Å². The van der Waals surface area contributed by atoms with E-state index in [4.69, 9.17) is 9.47 Å². The number of nitrogens with zero attached hydrogens (tertiary/aromatic N) is 1. The summed E-state index contributed by atoms with van der Waals surface area (Å²) in [6.45, 7) is 8.48. The van der Waals surface area contributed by atoms with Crippen molar-refractivity contribution < 1.29 is 9.47 Å². The Kier molecular flexibility index (Phi) is 10.1. The number of rotatable bonds is 12. The molecule has 1 aromatic carbocycles. The van der Waals surface area contributed by atoms with E-state index < -0.39 is 0 Å². The molecule has 0 bridgehead atoms. The second-order valence-electron chi connectivity index (χ2n) is 5.21. The van der Waals surface area contributed by atoms with Crippen LogP contribution in [0.2, 0.25) is 0 Å². The fourth-order valence-electron chi connectivity index (χ4n) is 2.24. The first-order chi connectivity index (χ1) is 10.3. The van der Waals surface area contributed by atoms with Crippen LogP contribution in [-0.4, -0.2) is 52.0 Å². The number of benzene rings is 1. The summed E-state index contributed by atoms with van der Waals surface area (Å²) in [4.78, 5) is 2.38. The smallest absolute Gasteiger partial charge is 0.0589 e. The lowest BCUT2D eigenvalue weighted by molar-refractivity contribution is 0.110. The Bertz CT molecular complexity index is 364. The zero-order chi connectivity index (χ0) is 15.3. The molecule has 1 N–H and O–H groups in total. The van der Waals surface area contributed by atoms with Gasteiger partial charge in [0.2, 0.25) is 0 Å². The molecule has 0 unspecified atom stereocenters. The van der Waals surface area contributed by atoms with Crippen molar-refractivity contribution in [1.82, 2.24) is 10.2 Å². The van der Waals surface area contributed by atoms with Gasteiger partial charge in [0.1, 0.15) is 0 Å². The van der Waals surface area contributed by atoms with Crippen LogP contribution in [0.5, 0.6) is 0 Å². The number of hydrogen-bond donors (Lipinski definition) is 1. The van der Waals surface area contributed by atoms with Crippen LogP contribution >= 0.6 is 0 Å². The van der Waals surface area contributed by atoms with E-state index in [0.29, 0.717) is 0 Å². The van der Waals surface area contributed by atoms with E-state index in [1.807, 2.05) is 0 Å². The van der Waals surface area contributed by atoms with Crippen molar-refractivity contribution in [2.24, 2.45) is 0 Å². The van der Waals surface area contributed by atoms with Crippen molar-refractivity contribution in [3.63, 3.8) is 0 Å². The molecule has 4 nitrogen and oxygen atoms in total. The normalized spacial score (nSPS) is 11.2. The minimum Gasteiger partial charge on any atom is -0.383 e. The molecule has 0 saturated carbocycles. The highest BCUT2D eigenvalue weighted by molar-refractivity contribution is 5.27. The van der Waals surface area contributed by atoms with Gasteiger partial charge in [0, 0.05) is 40.4 Å². The van der Waals surface area contributed by atoms with E-state index >= 15 is 0 Å². The summed E-state index contributed by atoms with van der Waals surface area (Å²) in [6, 6.07) is 8.66. The molecule has 0 heterocycles. The molecule has 1 rings (SSSR count). The van der Waals surface area contributed by atoms with Crippen molar-refractivity contribution in [1.29, 1.82) is 0 Å². The third kappa shape index (κ3) is 7.58. The van der Waals surface area contributed by atoms with Gasteiger partial charge in [0.05, 0.1) is 13.2 Å². The first kappa shape index (κ1) is 18.1. The Hall–Kier alpha value is -0.940. The van der Waals surface area contributed by atoms with Crippen molar-refractivity contribution in [3.8, 4) is 0 Å². The molecule has 1 aromatic rings. The van der Waals surface area contributed by atoms with E-state index in [9.17, 15) is 0 Å². The Labute approximate surface area is 129 Å². The van der Waals surface area contributed by atoms with E-state index in [-0.39, 0.29) is 0 Å². The first-order valence-electron chi connectivity index (χ1n) is 7.79. The average molecular weight is 294 g/mol. The van der Waals surface area contributed by atoms with Crippen LogP contribution in [0.15, 0.2) is 24.3 Å². The van der Waals surface area contributed by atoms with Gasteiger partial charge < -0.3 is 14.8 Å². The van der Waals surface area contributed by atoms with Gasteiger partial charge in [0.15, 0.2) is 0 Å². The van der Waals surface area contributed by atoms with Crippen LogP contribution in [0.1, 0.15) is 24.5 Å². The molecule has 0 saturated heterocycles.